The predicted octanol–water partition coefficient (Wildman–Crippen LogP) is 4.35. The second-order valence-corrected chi connectivity index (χ2v) is 7.66. The molecule has 2 aromatic rings. The van der Waals surface area contributed by atoms with Crippen LogP contribution in [0.5, 0.6) is 5.75 Å². The topological polar surface area (TPSA) is 74.0 Å². The highest BCUT2D eigenvalue weighted by atomic mass is 19.1. The van der Waals surface area contributed by atoms with Gasteiger partial charge in [-0.05, 0) is 61.1 Å². The monoisotopic (exact) mass is 416 g/mol. The van der Waals surface area contributed by atoms with Crippen LogP contribution in [0.3, 0.4) is 0 Å². The van der Waals surface area contributed by atoms with Gasteiger partial charge in [-0.1, -0.05) is 12.1 Å². The normalized spacial score (nSPS) is 21.3. The van der Waals surface area contributed by atoms with Gasteiger partial charge in [-0.2, -0.15) is 0 Å². The summed E-state index contributed by atoms with van der Waals surface area (Å²) in [5.41, 5.74) is 7.11. The lowest BCUT2D eigenvalue weighted by atomic mass is 9.78. The van der Waals surface area contributed by atoms with Crippen LogP contribution in [-0.2, 0) is 21.7 Å². The summed E-state index contributed by atoms with van der Waals surface area (Å²) in [6.45, 7) is 0.273. The number of methoxy groups -OCH3 is 2. The van der Waals surface area contributed by atoms with E-state index in [2.05, 4.69) is 0 Å². The lowest BCUT2D eigenvalue weighted by molar-refractivity contribution is -0.0764. The molecule has 2 N–H and O–H groups in total. The van der Waals surface area contributed by atoms with Crippen LogP contribution in [0.15, 0.2) is 42.5 Å². The summed E-state index contributed by atoms with van der Waals surface area (Å²) in [7, 11) is 4.99. The van der Waals surface area contributed by atoms with Crippen molar-refractivity contribution in [3.8, 4) is 5.75 Å². The van der Waals surface area contributed by atoms with E-state index in [9.17, 15) is 9.18 Å². The first kappa shape index (κ1) is 22.1. The molecule has 6 nitrogen and oxygen atoms in total. The number of halogens is 1. The minimum Gasteiger partial charge on any atom is -0.489 e. The van der Waals surface area contributed by atoms with Crippen LogP contribution in [-0.4, -0.2) is 33.4 Å². The summed E-state index contributed by atoms with van der Waals surface area (Å²) in [5, 5.41) is 0. The van der Waals surface area contributed by atoms with Crippen molar-refractivity contribution in [2.75, 3.05) is 26.2 Å². The van der Waals surface area contributed by atoms with Crippen molar-refractivity contribution in [1.29, 1.82) is 0 Å². The number of nitrogens with zero attached hydrogens (tertiary/aromatic N) is 1. The quantitative estimate of drug-likeness (QED) is 0.728. The molecular weight excluding hydrogens is 387 g/mol. The number of anilines is 1. The van der Waals surface area contributed by atoms with E-state index < -0.39 is 11.6 Å². The van der Waals surface area contributed by atoms with Gasteiger partial charge in [-0.3, -0.25) is 4.90 Å². The molecule has 0 heterocycles. The van der Waals surface area contributed by atoms with Crippen molar-refractivity contribution in [3.05, 3.63) is 59.4 Å². The van der Waals surface area contributed by atoms with E-state index in [1.807, 2.05) is 18.2 Å². The van der Waals surface area contributed by atoms with Crippen molar-refractivity contribution < 1.29 is 23.4 Å². The SMILES string of the molecule is CO[C@H]1CC[C@@](OC)(c2cc(F)cc(OCc3ccc(N(C)C(N)=O)cc3)c2)CC1. The van der Waals surface area contributed by atoms with Crippen molar-refractivity contribution in [3.63, 3.8) is 0 Å². The van der Waals surface area contributed by atoms with E-state index in [1.54, 1.807) is 33.4 Å². The minimum absolute atomic E-state index is 0.217. The number of ether oxygens (including phenoxy) is 3. The molecule has 0 saturated heterocycles. The fourth-order valence-electron chi connectivity index (χ4n) is 3.92. The molecule has 0 unspecified atom stereocenters. The zero-order valence-electron chi connectivity index (χ0n) is 17.7. The number of nitrogens with two attached hydrogens (primary N) is 1. The molecule has 162 valence electrons. The van der Waals surface area contributed by atoms with Crippen molar-refractivity contribution in [2.45, 2.75) is 44.0 Å². The molecule has 7 heteroatoms. The Kier molecular flexibility index (Phi) is 6.95. The highest BCUT2D eigenvalue weighted by Gasteiger charge is 2.37. The van der Waals surface area contributed by atoms with Crippen molar-refractivity contribution >= 4 is 11.7 Å². The zero-order chi connectivity index (χ0) is 21.7. The molecule has 0 aliphatic heterocycles. The molecule has 1 fully saturated rings. The van der Waals surface area contributed by atoms with Gasteiger partial charge < -0.3 is 19.9 Å². The van der Waals surface area contributed by atoms with Gasteiger partial charge in [0.25, 0.3) is 0 Å². The molecular formula is C23H29FN2O4. The molecule has 0 bridgehead atoms. The first-order chi connectivity index (χ1) is 14.4. The molecule has 1 aliphatic carbocycles. The van der Waals surface area contributed by atoms with Gasteiger partial charge in [0.05, 0.1) is 11.7 Å². The smallest absolute Gasteiger partial charge is 0.318 e. The Balaban J connectivity index is 1.72. The summed E-state index contributed by atoms with van der Waals surface area (Å²) in [6.07, 6.45) is 3.47. The number of benzene rings is 2. The van der Waals surface area contributed by atoms with E-state index in [-0.39, 0.29) is 18.5 Å². The van der Waals surface area contributed by atoms with Crippen LogP contribution < -0.4 is 15.4 Å². The molecule has 0 radical (unpaired) electrons. The molecule has 1 saturated carbocycles. The highest BCUT2D eigenvalue weighted by Crippen LogP contribution is 2.42. The van der Waals surface area contributed by atoms with Crippen LogP contribution in [0, 0.1) is 5.82 Å². The molecule has 30 heavy (non-hydrogen) atoms. The zero-order valence-corrected chi connectivity index (χ0v) is 17.7. The number of carbonyl (C=O) groups excluding carboxylic acids is 1. The maximum Gasteiger partial charge on any atom is 0.318 e. The van der Waals surface area contributed by atoms with Crippen LogP contribution >= 0.6 is 0 Å². The van der Waals surface area contributed by atoms with E-state index in [0.29, 0.717) is 11.4 Å². The molecule has 0 spiro atoms. The van der Waals surface area contributed by atoms with Crippen LogP contribution in [0.4, 0.5) is 14.9 Å². The van der Waals surface area contributed by atoms with Gasteiger partial charge >= 0.3 is 6.03 Å². The Morgan fingerprint density at radius 3 is 2.40 bits per heavy atom. The molecule has 1 aliphatic rings. The van der Waals surface area contributed by atoms with Gasteiger partial charge in [-0.15, -0.1) is 0 Å². The van der Waals surface area contributed by atoms with Crippen LogP contribution in [0.1, 0.15) is 36.8 Å². The molecule has 3 rings (SSSR count). The Morgan fingerprint density at radius 2 is 1.83 bits per heavy atom. The van der Waals surface area contributed by atoms with E-state index in [1.165, 1.54) is 17.0 Å². The number of hydrogen-bond acceptors (Lipinski definition) is 4. The van der Waals surface area contributed by atoms with Gasteiger partial charge in [0.2, 0.25) is 0 Å². The molecule has 0 aromatic heterocycles. The van der Waals surface area contributed by atoms with Crippen molar-refractivity contribution in [1.82, 2.24) is 0 Å². The third kappa shape index (κ3) is 4.91. The fraction of sp³-hybridized carbons (Fsp3) is 0.435. The molecule has 0 atom stereocenters. The standard InChI is InChI=1S/C23H29FN2O4/c1-26(22(25)27)19-6-4-16(5-7-19)15-30-21-13-17(12-18(24)14-21)23(29-3)10-8-20(28-2)9-11-23/h4-7,12-14,20H,8-11,15H2,1-3H3,(H2,25,27)/t20-,23-. The van der Waals surface area contributed by atoms with Crippen LogP contribution in [0.2, 0.25) is 0 Å². The largest absolute Gasteiger partial charge is 0.489 e. The maximum absolute atomic E-state index is 14.4. The minimum atomic E-state index is -0.532. The maximum atomic E-state index is 14.4. The Labute approximate surface area is 176 Å². The average Bonchev–Trinajstić information content (AvgIpc) is 2.77. The number of primary amides is 1. The number of urea groups is 1. The number of amides is 2. The third-order valence-electron chi connectivity index (χ3n) is 5.92. The van der Waals surface area contributed by atoms with Gasteiger partial charge in [-0.25, -0.2) is 9.18 Å². The number of hydrogen-bond donors (Lipinski definition) is 1. The van der Waals surface area contributed by atoms with Gasteiger partial charge in [0, 0.05) is 33.0 Å². The summed E-state index contributed by atoms with van der Waals surface area (Å²) in [4.78, 5) is 12.6. The summed E-state index contributed by atoms with van der Waals surface area (Å²) in [6, 6.07) is 11.5. The average molecular weight is 416 g/mol. The molecule has 2 amide bonds. The van der Waals surface area contributed by atoms with E-state index in [0.717, 1.165) is 36.8 Å². The first-order valence-corrected chi connectivity index (χ1v) is 10.0. The van der Waals surface area contributed by atoms with Gasteiger partial charge in [0.1, 0.15) is 18.2 Å². The second kappa shape index (κ2) is 9.45. The van der Waals surface area contributed by atoms with E-state index >= 15 is 0 Å². The summed E-state index contributed by atoms with van der Waals surface area (Å²) in [5.74, 6) is 0.0971. The van der Waals surface area contributed by atoms with Gasteiger partial charge in [0.15, 0.2) is 0 Å². The summed E-state index contributed by atoms with van der Waals surface area (Å²) < 4.78 is 31.5. The predicted molar refractivity (Wildman–Crippen MR) is 113 cm³/mol. The number of rotatable bonds is 7. The Bertz CT molecular complexity index is 864. The summed E-state index contributed by atoms with van der Waals surface area (Å²) >= 11 is 0. The van der Waals surface area contributed by atoms with Crippen LogP contribution in [0.25, 0.3) is 0 Å². The Morgan fingerprint density at radius 1 is 1.17 bits per heavy atom. The molecule has 2 aromatic carbocycles. The second-order valence-electron chi connectivity index (χ2n) is 7.66. The lowest BCUT2D eigenvalue weighted by Gasteiger charge is -2.39. The van der Waals surface area contributed by atoms with Crippen molar-refractivity contribution in [2.24, 2.45) is 5.73 Å². The highest BCUT2D eigenvalue weighted by molar-refractivity contribution is 5.89. The van der Waals surface area contributed by atoms with E-state index in [4.69, 9.17) is 19.9 Å². The first-order valence-electron chi connectivity index (χ1n) is 10.0. The fourth-order valence-corrected chi connectivity index (χ4v) is 3.92. The number of carbonyl (C=O) groups is 1. The third-order valence-corrected chi connectivity index (χ3v) is 5.92. The Hall–Kier alpha value is -2.64. The lowest BCUT2D eigenvalue weighted by Crippen LogP contribution is -2.36.